The molecule has 1 aromatic heterocycles. The van der Waals surface area contributed by atoms with Crippen molar-refractivity contribution in [3.8, 4) is 5.75 Å². The van der Waals surface area contributed by atoms with E-state index < -0.39 is 5.63 Å². The van der Waals surface area contributed by atoms with Gasteiger partial charge in [0.25, 0.3) is 0 Å². The Balaban J connectivity index is 2.19. The Bertz CT molecular complexity index is 731. The molecule has 2 N–H and O–H groups in total. The Labute approximate surface area is 130 Å². The molecule has 0 spiro atoms. The first-order valence-corrected chi connectivity index (χ1v) is 7.73. The van der Waals surface area contributed by atoms with Crippen LogP contribution in [-0.2, 0) is 0 Å². The highest BCUT2D eigenvalue weighted by molar-refractivity contribution is 5.84. The highest BCUT2D eigenvalue weighted by atomic mass is 16.4. The number of aromatic hydroxyl groups is 1. The quantitative estimate of drug-likeness (QED) is 0.600. The number of aryl methyl sites for hydroxylation is 1. The lowest BCUT2D eigenvalue weighted by molar-refractivity contribution is 0.472. The zero-order valence-electron chi connectivity index (χ0n) is 13.2. The molecule has 2 aromatic rings. The van der Waals surface area contributed by atoms with Gasteiger partial charge in [-0.3, -0.25) is 0 Å². The fourth-order valence-electron chi connectivity index (χ4n) is 2.47. The summed E-state index contributed by atoms with van der Waals surface area (Å²) >= 11 is 0. The second-order valence-electron chi connectivity index (χ2n) is 5.59. The standard InChI is InChI=1S/C18H23NO3/c1-4-5-6-7-8-19-13(3)16-11-15-12(2)9-14(20)10-17(15)22-18(16)21/h9-11,19-20H,3-8H2,1-2H3. The molecule has 0 unspecified atom stereocenters. The summed E-state index contributed by atoms with van der Waals surface area (Å²) in [5, 5.41) is 13.6. The third-order valence-electron chi connectivity index (χ3n) is 3.74. The predicted octanol–water partition coefficient (Wildman–Crippen LogP) is 3.95. The van der Waals surface area contributed by atoms with E-state index in [1.807, 2.05) is 6.92 Å². The Morgan fingerprint density at radius 2 is 2.05 bits per heavy atom. The van der Waals surface area contributed by atoms with E-state index in [0.717, 1.165) is 23.9 Å². The molecule has 22 heavy (non-hydrogen) atoms. The van der Waals surface area contributed by atoms with Gasteiger partial charge in [-0.2, -0.15) is 0 Å². The van der Waals surface area contributed by atoms with E-state index in [4.69, 9.17) is 4.42 Å². The maximum atomic E-state index is 12.1. The molecule has 0 radical (unpaired) electrons. The van der Waals surface area contributed by atoms with Crippen LogP contribution >= 0.6 is 0 Å². The molecule has 0 saturated carbocycles. The largest absolute Gasteiger partial charge is 0.508 e. The molecule has 0 aliphatic carbocycles. The monoisotopic (exact) mass is 301 g/mol. The molecular weight excluding hydrogens is 278 g/mol. The molecule has 4 nitrogen and oxygen atoms in total. The molecular formula is C18H23NO3. The van der Waals surface area contributed by atoms with Crippen LogP contribution in [0.3, 0.4) is 0 Å². The molecule has 0 atom stereocenters. The van der Waals surface area contributed by atoms with Crippen molar-refractivity contribution in [2.24, 2.45) is 0 Å². The molecule has 2 rings (SSSR count). The molecule has 4 heteroatoms. The van der Waals surface area contributed by atoms with Crippen molar-refractivity contribution in [3.05, 3.63) is 46.3 Å². The van der Waals surface area contributed by atoms with E-state index in [-0.39, 0.29) is 5.75 Å². The maximum absolute atomic E-state index is 12.1. The summed E-state index contributed by atoms with van der Waals surface area (Å²) in [5.74, 6) is 0.0915. The molecule has 1 heterocycles. The zero-order chi connectivity index (χ0) is 16.1. The number of hydrogen-bond acceptors (Lipinski definition) is 4. The number of nitrogens with one attached hydrogen (secondary N) is 1. The van der Waals surface area contributed by atoms with E-state index in [1.54, 1.807) is 12.1 Å². The van der Waals surface area contributed by atoms with Gasteiger partial charge in [0, 0.05) is 23.7 Å². The maximum Gasteiger partial charge on any atom is 0.345 e. The van der Waals surface area contributed by atoms with Crippen molar-refractivity contribution < 1.29 is 9.52 Å². The predicted molar refractivity (Wildman–Crippen MR) is 90.1 cm³/mol. The summed E-state index contributed by atoms with van der Waals surface area (Å²) in [4.78, 5) is 12.1. The van der Waals surface area contributed by atoms with Gasteiger partial charge in [-0.25, -0.2) is 4.79 Å². The molecule has 0 fully saturated rings. The van der Waals surface area contributed by atoms with Crippen molar-refractivity contribution >= 4 is 16.7 Å². The average Bonchev–Trinajstić information content (AvgIpc) is 2.45. The number of phenolic OH excluding ortho intramolecular Hbond substituents is 1. The summed E-state index contributed by atoms with van der Waals surface area (Å²) in [7, 11) is 0. The first kappa shape index (κ1) is 16.1. The van der Waals surface area contributed by atoms with E-state index in [9.17, 15) is 9.90 Å². The number of rotatable bonds is 7. The highest BCUT2D eigenvalue weighted by Gasteiger charge is 2.11. The van der Waals surface area contributed by atoms with Gasteiger partial charge < -0.3 is 14.8 Å². The topological polar surface area (TPSA) is 62.5 Å². The minimum absolute atomic E-state index is 0.0915. The van der Waals surface area contributed by atoms with Crippen LogP contribution in [0.1, 0.15) is 43.7 Å². The van der Waals surface area contributed by atoms with Crippen LogP contribution in [0.15, 0.2) is 34.0 Å². The Morgan fingerprint density at radius 3 is 2.77 bits per heavy atom. The number of unbranched alkanes of at least 4 members (excludes halogenated alkanes) is 3. The van der Waals surface area contributed by atoms with Gasteiger partial charge in [-0.05, 0) is 31.0 Å². The van der Waals surface area contributed by atoms with E-state index >= 15 is 0 Å². The zero-order valence-corrected chi connectivity index (χ0v) is 13.2. The third kappa shape index (κ3) is 3.70. The Hall–Kier alpha value is -2.23. The minimum atomic E-state index is -0.441. The summed E-state index contributed by atoms with van der Waals surface area (Å²) in [5.41, 5.74) is 1.83. The van der Waals surface area contributed by atoms with E-state index in [2.05, 4.69) is 18.8 Å². The van der Waals surface area contributed by atoms with Gasteiger partial charge in [-0.15, -0.1) is 0 Å². The van der Waals surface area contributed by atoms with Gasteiger partial charge in [0.15, 0.2) is 0 Å². The van der Waals surface area contributed by atoms with Gasteiger partial charge in [-0.1, -0.05) is 32.8 Å². The van der Waals surface area contributed by atoms with Gasteiger partial charge in [0.05, 0.1) is 5.56 Å². The highest BCUT2D eigenvalue weighted by Crippen LogP contribution is 2.24. The summed E-state index contributed by atoms with van der Waals surface area (Å²) in [6.45, 7) is 8.77. The molecule has 0 aliphatic heterocycles. The van der Waals surface area contributed by atoms with Crippen LogP contribution in [0.4, 0.5) is 0 Å². The first-order chi connectivity index (χ1) is 10.5. The van der Waals surface area contributed by atoms with Gasteiger partial charge in [0.2, 0.25) is 0 Å². The molecule has 118 valence electrons. The van der Waals surface area contributed by atoms with Gasteiger partial charge >= 0.3 is 5.63 Å². The number of phenols is 1. The average molecular weight is 301 g/mol. The lowest BCUT2D eigenvalue weighted by Gasteiger charge is -2.10. The molecule has 0 bridgehead atoms. The summed E-state index contributed by atoms with van der Waals surface area (Å²) < 4.78 is 5.30. The normalized spacial score (nSPS) is 10.8. The smallest absolute Gasteiger partial charge is 0.345 e. The van der Waals surface area contributed by atoms with Crippen molar-refractivity contribution in [2.45, 2.75) is 39.5 Å². The molecule has 0 saturated heterocycles. The van der Waals surface area contributed by atoms with Crippen LogP contribution in [0, 0.1) is 6.92 Å². The fraction of sp³-hybridized carbons (Fsp3) is 0.389. The van der Waals surface area contributed by atoms with Crippen LogP contribution in [0.5, 0.6) is 5.75 Å². The van der Waals surface area contributed by atoms with Crippen molar-refractivity contribution in [1.82, 2.24) is 5.32 Å². The molecule has 0 aliphatic rings. The second kappa shape index (κ2) is 7.16. The Morgan fingerprint density at radius 1 is 1.27 bits per heavy atom. The van der Waals surface area contributed by atoms with Crippen molar-refractivity contribution in [2.75, 3.05) is 6.54 Å². The van der Waals surface area contributed by atoms with E-state index in [1.165, 1.54) is 25.3 Å². The first-order valence-electron chi connectivity index (χ1n) is 7.73. The molecule has 1 aromatic carbocycles. The van der Waals surface area contributed by atoms with E-state index in [0.29, 0.717) is 16.8 Å². The SMILES string of the molecule is C=C(NCCCCCC)c1cc2c(C)cc(O)cc2oc1=O. The second-order valence-corrected chi connectivity index (χ2v) is 5.59. The number of fused-ring (bicyclic) bond motifs is 1. The Kier molecular flexibility index (Phi) is 5.26. The van der Waals surface area contributed by atoms with Gasteiger partial charge in [0.1, 0.15) is 11.3 Å². The number of benzene rings is 1. The molecule has 0 amide bonds. The van der Waals surface area contributed by atoms with Crippen molar-refractivity contribution in [3.63, 3.8) is 0 Å². The summed E-state index contributed by atoms with van der Waals surface area (Å²) in [6.07, 6.45) is 4.64. The van der Waals surface area contributed by atoms with Crippen LogP contribution < -0.4 is 10.9 Å². The lowest BCUT2D eigenvalue weighted by atomic mass is 10.1. The van der Waals surface area contributed by atoms with Crippen molar-refractivity contribution in [1.29, 1.82) is 0 Å². The third-order valence-corrected chi connectivity index (χ3v) is 3.74. The lowest BCUT2D eigenvalue weighted by Crippen LogP contribution is -2.18. The van der Waals surface area contributed by atoms with Crippen LogP contribution in [0.25, 0.3) is 16.7 Å². The summed E-state index contributed by atoms with van der Waals surface area (Å²) in [6, 6.07) is 4.87. The van der Waals surface area contributed by atoms with Crippen LogP contribution in [-0.4, -0.2) is 11.7 Å². The number of hydrogen-bond donors (Lipinski definition) is 2. The minimum Gasteiger partial charge on any atom is -0.508 e. The van der Waals surface area contributed by atoms with Crippen LogP contribution in [0.2, 0.25) is 0 Å². The fourth-order valence-corrected chi connectivity index (χ4v) is 2.47.